The first-order valence-electron chi connectivity index (χ1n) is 18.2. The Morgan fingerprint density at radius 3 is 2.27 bits per heavy atom. The highest BCUT2D eigenvalue weighted by Crippen LogP contribution is 2.75. The van der Waals surface area contributed by atoms with Crippen molar-refractivity contribution in [2.45, 2.75) is 139 Å². The predicted molar refractivity (Wildman–Crippen MR) is 180 cm³/mol. The number of carboxylic acids is 1. The molecule has 10 nitrogen and oxygen atoms in total. The largest absolute Gasteiger partial charge is 0.519 e. The zero-order valence-corrected chi connectivity index (χ0v) is 30.7. The van der Waals surface area contributed by atoms with Crippen LogP contribution < -0.4 is 11.1 Å². The van der Waals surface area contributed by atoms with Gasteiger partial charge in [-0.15, -0.1) is 0 Å². The molecule has 0 spiro atoms. The van der Waals surface area contributed by atoms with Crippen LogP contribution in [-0.2, 0) is 30.5 Å². The average Bonchev–Trinajstić information content (AvgIpc) is 3.35. The lowest BCUT2D eigenvalue weighted by Gasteiger charge is -2.70. The van der Waals surface area contributed by atoms with Crippen LogP contribution in [0.4, 0.5) is 0 Å². The Morgan fingerprint density at radius 1 is 0.980 bits per heavy atom. The van der Waals surface area contributed by atoms with Crippen molar-refractivity contribution in [3.05, 3.63) is 33.8 Å². The maximum absolute atomic E-state index is 14.8. The number of allylic oxidation sites excluding steroid dienone is 2. The summed E-state index contributed by atoms with van der Waals surface area (Å²) in [5.41, 5.74) is -2.07. The van der Waals surface area contributed by atoms with E-state index in [1.54, 1.807) is 13.8 Å². The Bertz CT molecular complexity index is 1670. The number of ketones is 2. The lowest BCUT2D eigenvalue weighted by atomic mass is 9.33. The number of Topliss-reactive ketones (excluding diaryl/α,β-unsaturated/α-hetero) is 1. The van der Waals surface area contributed by atoms with Crippen LogP contribution in [0.1, 0.15) is 125 Å². The lowest BCUT2D eigenvalue weighted by molar-refractivity contribution is -0.205. The molecule has 270 valence electrons. The van der Waals surface area contributed by atoms with Gasteiger partial charge in [-0.25, -0.2) is 4.79 Å². The summed E-state index contributed by atoms with van der Waals surface area (Å²) in [4.78, 5) is 65.9. The van der Waals surface area contributed by atoms with Crippen LogP contribution in [0.15, 0.2) is 25.3 Å². The summed E-state index contributed by atoms with van der Waals surface area (Å²) < 4.78 is 16.0. The maximum Gasteiger partial charge on any atom is 0.519 e. The van der Waals surface area contributed by atoms with E-state index in [0.717, 1.165) is 31.3 Å². The molecule has 1 heterocycles. The molecule has 5 aliphatic carbocycles. The quantitative estimate of drug-likeness (QED) is 0.302. The number of ether oxygens (including phenoxy) is 1. The number of carboxylic acid groups (broad SMARTS) is 1. The number of aryl methyl sites for hydroxylation is 1. The van der Waals surface area contributed by atoms with Crippen LogP contribution >= 0.6 is 0 Å². The van der Waals surface area contributed by atoms with Gasteiger partial charge in [-0.1, -0.05) is 33.3 Å². The molecule has 0 bridgehead atoms. The third kappa shape index (κ3) is 5.08. The van der Waals surface area contributed by atoms with Crippen LogP contribution in [0, 0.1) is 57.2 Å². The van der Waals surface area contributed by atoms with Crippen molar-refractivity contribution in [1.29, 1.82) is 0 Å². The van der Waals surface area contributed by atoms with E-state index >= 15 is 0 Å². The molecule has 11 atom stereocenters. The van der Waals surface area contributed by atoms with E-state index < -0.39 is 45.5 Å². The van der Waals surface area contributed by atoms with Crippen LogP contribution in [-0.4, -0.2) is 40.7 Å². The number of rotatable bonds is 7. The molecule has 0 unspecified atom stereocenters. The number of esters is 1. The van der Waals surface area contributed by atoms with Crippen molar-refractivity contribution in [3.63, 3.8) is 0 Å². The summed E-state index contributed by atoms with van der Waals surface area (Å²) in [6.07, 6.45) is 8.53. The first-order chi connectivity index (χ1) is 22.7. The Hall–Kier alpha value is -3.01. The molecule has 5 aliphatic rings. The van der Waals surface area contributed by atoms with Crippen LogP contribution in [0.25, 0.3) is 0 Å². The van der Waals surface area contributed by atoms with E-state index in [1.165, 1.54) is 6.92 Å². The summed E-state index contributed by atoms with van der Waals surface area (Å²) in [6, 6.07) is -0.862. The highest BCUT2D eigenvalue weighted by Gasteiger charge is 2.72. The highest BCUT2D eigenvalue weighted by molar-refractivity contribution is 5.96. The smallest absolute Gasteiger partial charge is 0.481 e. The maximum atomic E-state index is 14.8. The minimum absolute atomic E-state index is 0.0213. The molecule has 0 aromatic carbocycles. The average molecular weight is 682 g/mol. The number of hydrogen-bond acceptors (Lipinski definition) is 9. The van der Waals surface area contributed by atoms with Crippen molar-refractivity contribution >= 4 is 23.5 Å². The van der Waals surface area contributed by atoms with Gasteiger partial charge in [0, 0.05) is 12.0 Å². The second-order valence-corrected chi connectivity index (χ2v) is 17.9. The number of carbonyl (C=O) groups is 4. The standard InChI is InChI=1S/C39H55NO9/c1-21(22(2)41)40-29-11-12-36(6)28(39(29,9)32(45)47-20-27-23(3)48-33(46)49-27)10-13-38(8)30(36)26(42)18-24-25-19-35(5,31(43)44)15-14-34(25,4)16-17-37(24,38)7/h18,21,25,28-30,40H,10-17,19-20H2,1-9H3,(H,43,44)/t21-,25-,28+,29-,30+,34+,35-,36-,37+,38+,39-/m0/s1. The third-order valence-corrected chi connectivity index (χ3v) is 15.4. The molecule has 10 heteroatoms. The van der Waals surface area contributed by atoms with E-state index in [-0.39, 0.29) is 64.3 Å². The molecular formula is C39H55NO9. The molecule has 2 N–H and O–H groups in total. The second-order valence-electron chi connectivity index (χ2n) is 17.9. The van der Waals surface area contributed by atoms with Gasteiger partial charge in [-0.3, -0.25) is 19.2 Å². The summed E-state index contributed by atoms with van der Waals surface area (Å²) in [5, 5.41) is 13.7. The first kappa shape index (κ1) is 35.8. The fourth-order valence-corrected chi connectivity index (χ4v) is 11.8. The summed E-state index contributed by atoms with van der Waals surface area (Å²) in [5.74, 6) is -2.20. The Balaban J connectivity index is 1.40. The minimum atomic E-state index is -1.10. The van der Waals surface area contributed by atoms with Crippen LogP contribution in [0.2, 0.25) is 0 Å². The van der Waals surface area contributed by atoms with Gasteiger partial charge in [0.1, 0.15) is 5.78 Å². The van der Waals surface area contributed by atoms with Crippen molar-refractivity contribution in [1.82, 2.24) is 5.32 Å². The number of hydrogen-bond donors (Lipinski definition) is 2. The zero-order chi connectivity index (χ0) is 36.1. The summed E-state index contributed by atoms with van der Waals surface area (Å²) in [6.45, 7) is 17.5. The van der Waals surface area contributed by atoms with Gasteiger partial charge in [0.15, 0.2) is 23.9 Å². The van der Waals surface area contributed by atoms with E-state index in [9.17, 15) is 29.1 Å². The molecule has 6 rings (SSSR count). The normalized spacial score (nSPS) is 43.6. The van der Waals surface area contributed by atoms with Crippen LogP contribution in [0.5, 0.6) is 0 Å². The molecule has 1 aromatic rings. The number of nitrogens with one attached hydrogen (secondary N) is 1. The van der Waals surface area contributed by atoms with E-state index in [2.05, 4.69) is 33.0 Å². The number of carbonyl (C=O) groups excluding carboxylic acids is 3. The van der Waals surface area contributed by atoms with E-state index in [4.69, 9.17) is 13.6 Å². The minimum Gasteiger partial charge on any atom is -0.481 e. The van der Waals surface area contributed by atoms with Gasteiger partial charge < -0.3 is 24.0 Å². The lowest BCUT2D eigenvalue weighted by Crippen LogP contribution is -2.70. The van der Waals surface area contributed by atoms with Gasteiger partial charge in [-0.05, 0) is 132 Å². The Morgan fingerprint density at radius 2 is 1.65 bits per heavy atom. The van der Waals surface area contributed by atoms with Gasteiger partial charge in [0.2, 0.25) is 0 Å². The Labute approximate surface area is 289 Å². The van der Waals surface area contributed by atoms with E-state index in [1.807, 2.05) is 19.9 Å². The number of fused-ring (bicyclic) bond motifs is 7. The molecule has 0 aliphatic heterocycles. The van der Waals surface area contributed by atoms with Crippen LogP contribution in [0.3, 0.4) is 0 Å². The van der Waals surface area contributed by atoms with Crippen molar-refractivity contribution in [3.8, 4) is 0 Å². The van der Waals surface area contributed by atoms with E-state index in [0.29, 0.717) is 32.1 Å². The Kier molecular flexibility index (Phi) is 8.41. The van der Waals surface area contributed by atoms with Gasteiger partial charge in [0.25, 0.3) is 0 Å². The SMILES string of the molecule is CC(=O)[C@H](C)N[C@H]1CC[C@@]2(C)[C@@H](CC[C@]3(C)[C@@H]2C(=O)C=C2[C@@H]4C[C@@](C)(C(=O)O)CC[C@]4(C)CC[C@]23C)[C@]1(C)C(=O)OCc1oc(=O)oc1C. The molecule has 0 amide bonds. The molecule has 1 aromatic heterocycles. The molecule has 0 saturated heterocycles. The zero-order valence-electron chi connectivity index (χ0n) is 30.7. The topological polar surface area (TPSA) is 153 Å². The summed E-state index contributed by atoms with van der Waals surface area (Å²) in [7, 11) is 0. The molecule has 49 heavy (non-hydrogen) atoms. The van der Waals surface area contributed by atoms with Crippen molar-refractivity contribution in [2.24, 2.45) is 50.2 Å². The third-order valence-electron chi connectivity index (χ3n) is 15.4. The fraction of sp³-hybridized carbons (Fsp3) is 0.769. The fourth-order valence-electron chi connectivity index (χ4n) is 11.8. The second kappa shape index (κ2) is 11.5. The van der Waals surface area contributed by atoms with Crippen molar-refractivity contribution in [2.75, 3.05) is 0 Å². The molecule has 4 saturated carbocycles. The van der Waals surface area contributed by atoms with Gasteiger partial charge >= 0.3 is 17.8 Å². The highest BCUT2D eigenvalue weighted by atomic mass is 16.6. The molecular weight excluding hydrogens is 626 g/mol. The van der Waals surface area contributed by atoms with Gasteiger partial charge in [-0.2, -0.15) is 0 Å². The molecule has 0 radical (unpaired) electrons. The van der Waals surface area contributed by atoms with Crippen molar-refractivity contribution < 1.29 is 37.9 Å². The summed E-state index contributed by atoms with van der Waals surface area (Å²) >= 11 is 0. The predicted octanol–water partition coefficient (Wildman–Crippen LogP) is 6.57. The van der Waals surface area contributed by atoms with Gasteiger partial charge in [0.05, 0.1) is 16.9 Å². The number of aliphatic carboxylic acids is 1. The first-order valence-corrected chi connectivity index (χ1v) is 18.2. The molecule has 4 fully saturated rings. The monoisotopic (exact) mass is 681 g/mol.